The molecule has 0 aliphatic carbocycles. The number of aromatic nitrogens is 2. The van der Waals surface area contributed by atoms with E-state index in [1.54, 1.807) is 0 Å². The van der Waals surface area contributed by atoms with Gasteiger partial charge in [0.25, 0.3) is 0 Å². The zero-order chi connectivity index (χ0) is 15.8. The highest BCUT2D eigenvalue weighted by molar-refractivity contribution is 9.10. The van der Waals surface area contributed by atoms with Crippen molar-refractivity contribution in [3.8, 4) is 0 Å². The van der Waals surface area contributed by atoms with Gasteiger partial charge in [-0.2, -0.15) is 13.2 Å². The van der Waals surface area contributed by atoms with E-state index in [1.807, 2.05) is 0 Å². The molecule has 1 aromatic carbocycles. The van der Waals surface area contributed by atoms with E-state index in [0.717, 1.165) is 18.2 Å². The summed E-state index contributed by atoms with van der Waals surface area (Å²) < 4.78 is 64.9. The Kier molecular flexibility index (Phi) is 4.33. The molecule has 0 unspecified atom stereocenters. The highest BCUT2D eigenvalue weighted by atomic mass is 79.9. The largest absolute Gasteiger partial charge is 0.451 e. The van der Waals surface area contributed by atoms with Gasteiger partial charge in [-0.15, -0.1) is 0 Å². The quantitative estimate of drug-likeness (QED) is 0.585. The summed E-state index contributed by atoms with van der Waals surface area (Å²) >= 11 is 8.32. The number of nitrogens with one attached hydrogen (secondary N) is 1. The van der Waals surface area contributed by atoms with Gasteiger partial charge in [-0.05, 0) is 12.1 Å². The second-order valence-electron chi connectivity index (χ2n) is 3.77. The van der Waals surface area contributed by atoms with E-state index in [4.69, 9.17) is 11.6 Å². The molecule has 0 atom stereocenters. The normalized spacial score (nSPS) is 11.6. The molecule has 2 aromatic rings. The summed E-state index contributed by atoms with van der Waals surface area (Å²) in [4.78, 5) is 6.13. The first-order valence-corrected chi connectivity index (χ1v) is 6.37. The van der Waals surface area contributed by atoms with Crippen LogP contribution < -0.4 is 5.32 Å². The number of hydrogen-bond acceptors (Lipinski definition) is 3. The van der Waals surface area contributed by atoms with E-state index in [-0.39, 0.29) is 4.47 Å². The number of benzene rings is 1. The molecule has 0 aliphatic rings. The fraction of sp³-hybridized carbons (Fsp3) is 0.0909. The van der Waals surface area contributed by atoms with Crippen molar-refractivity contribution < 1.29 is 22.0 Å². The van der Waals surface area contributed by atoms with Crippen LogP contribution in [0.3, 0.4) is 0 Å². The van der Waals surface area contributed by atoms with Gasteiger partial charge >= 0.3 is 6.18 Å². The van der Waals surface area contributed by atoms with Crippen LogP contribution in [0, 0.1) is 11.6 Å². The molecule has 0 aliphatic heterocycles. The minimum Gasteiger partial charge on any atom is -0.335 e. The molecule has 10 heteroatoms. The molecule has 112 valence electrons. The zero-order valence-electron chi connectivity index (χ0n) is 9.77. The van der Waals surface area contributed by atoms with Crippen LogP contribution in [-0.4, -0.2) is 9.97 Å². The van der Waals surface area contributed by atoms with Gasteiger partial charge in [0.1, 0.15) is 16.7 Å². The summed E-state index contributed by atoms with van der Waals surface area (Å²) in [7, 11) is 0. The van der Waals surface area contributed by atoms with Crippen molar-refractivity contribution in [2.24, 2.45) is 0 Å². The first-order valence-electron chi connectivity index (χ1n) is 5.20. The Morgan fingerprint density at radius 3 is 2.14 bits per heavy atom. The zero-order valence-corrected chi connectivity index (χ0v) is 12.1. The minimum absolute atomic E-state index is 0.139. The fourth-order valence-electron chi connectivity index (χ4n) is 1.40. The van der Waals surface area contributed by atoms with Crippen molar-refractivity contribution in [2.75, 3.05) is 5.32 Å². The standard InChI is InChI=1S/C11H4BrClF5N3/c12-4-1-5(14)9(6(15)2-4)20-8-3-7(13)19-10(21-8)11(16,17)18/h1-3H,(H,19,20,21). The van der Waals surface area contributed by atoms with Crippen LogP contribution in [0.4, 0.5) is 33.5 Å². The second-order valence-corrected chi connectivity index (χ2v) is 5.07. The topological polar surface area (TPSA) is 37.8 Å². The van der Waals surface area contributed by atoms with E-state index in [0.29, 0.717) is 0 Å². The lowest BCUT2D eigenvalue weighted by atomic mass is 10.3. The molecule has 2 rings (SSSR count). The summed E-state index contributed by atoms with van der Waals surface area (Å²) in [5, 5.41) is 1.60. The van der Waals surface area contributed by atoms with Crippen molar-refractivity contribution in [3.05, 3.63) is 45.3 Å². The van der Waals surface area contributed by atoms with Crippen molar-refractivity contribution in [3.63, 3.8) is 0 Å². The van der Waals surface area contributed by atoms with Crippen molar-refractivity contribution in [1.29, 1.82) is 0 Å². The lowest BCUT2D eigenvalue weighted by Gasteiger charge is -2.11. The summed E-state index contributed by atoms with van der Waals surface area (Å²) in [6.07, 6.45) is -4.84. The molecular weight excluding hydrogens is 384 g/mol. The van der Waals surface area contributed by atoms with Crippen molar-refractivity contribution in [1.82, 2.24) is 9.97 Å². The Balaban J connectivity index is 2.43. The number of hydrogen-bond donors (Lipinski definition) is 1. The summed E-state index contributed by atoms with van der Waals surface area (Å²) in [6, 6.07) is 2.80. The molecule has 0 saturated carbocycles. The molecule has 3 nitrogen and oxygen atoms in total. The van der Waals surface area contributed by atoms with Gasteiger partial charge in [-0.3, -0.25) is 0 Å². The van der Waals surface area contributed by atoms with Crippen LogP contribution in [0.25, 0.3) is 0 Å². The average molecular weight is 389 g/mol. The maximum atomic E-state index is 13.6. The van der Waals surface area contributed by atoms with Crippen LogP contribution in [-0.2, 0) is 6.18 Å². The lowest BCUT2D eigenvalue weighted by Crippen LogP contribution is -2.12. The number of anilines is 2. The molecule has 1 N–H and O–H groups in total. The molecule has 0 radical (unpaired) electrons. The second kappa shape index (κ2) is 5.72. The van der Waals surface area contributed by atoms with Crippen LogP contribution >= 0.6 is 27.5 Å². The maximum Gasteiger partial charge on any atom is 0.451 e. The Morgan fingerprint density at radius 1 is 1.05 bits per heavy atom. The minimum atomic E-state index is -4.84. The first-order chi connectivity index (χ1) is 9.66. The molecule has 0 saturated heterocycles. The molecule has 0 amide bonds. The maximum absolute atomic E-state index is 13.6. The molecular formula is C11H4BrClF5N3. The van der Waals surface area contributed by atoms with Crippen molar-refractivity contribution >= 4 is 39.0 Å². The highest BCUT2D eigenvalue weighted by Crippen LogP contribution is 2.30. The van der Waals surface area contributed by atoms with E-state index in [1.165, 1.54) is 0 Å². The Morgan fingerprint density at radius 2 is 1.62 bits per heavy atom. The van der Waals surface area contributed by atoms with Gasteiger partial charge in [0.05, 0.1) is 0 Å². The Hall–Kier alpha value is -1.48. The summed E-state index contributed by atoms with van der Waals surface area (Å²) in [6.45, 7) is 0. The fourth-order valence-corrected chi connectivity index (χ4v) is 1.98. The molecule has 0 bridgehead atoms. The average Bonchev–Trinajstić information content (AvgIpc) is 2.32. The third kappa shape index (κ3) is 3.79. The van der Waals surface area contributed by atoms with Crippen LogP contribution in [0.5, 0.6) is 0 Å². The van der Waals surface area contributed by atoms with E-state index >= 15 is 0 Å². The Labute approximate surface area is 128 Å². The third-order valence-electron chi connectivity index (χ3n) is 2.21. The molecule has 0 spiro atoms. The number of alkyl halides is 3. The predicted octanol–water partition coefficient (Wildman–Crippen LogP) is 4.93. The van der Waals surface area contributed by atoms with Crippen LogP contribution in [0.2, 0.25) is 5.15 Å². The SMILES string of the molecule is Fc1cc(Br)cc(F)c1Nc1cc(Cl)nc(C(F)(F)F)n1. The van der Waals surface area contributed by atoms with Crippen LogP contribution in [0.1, 0.15) is 5.82 Å². The number of halogens is 7. The van der Waals surface area contributed by atoms with E-state index in [9.17, 15) is 22.0 Å². The van der Waals surface area contributed by atoms with Gasteiger partial charge in [0.15, 0.2) is 11.6 Å². The number of nitrogens with zero attached hydrogens (tertiary/aromatic N) is 2. The van der Waals surface area contributed by atoms with Gasteiger partial charge in [0.2, 0.25) is 5.82 Å². The summed E-state index contributed by atoms with van der Waals surface area (Å²) in [5.41, 5.74) is -0.652. The molecule has 1 aromatic heterocycles. The molecule has 0 fully saturated rings. The third-order valence-corrected chi connectivity index (χ3v) is 2.86. The predicted molar refractivity (Wildman–Crippen MR) is 69.4 cm³/mol. The van der Waals surface area contributed by atoms with Crippen molar-refractivity contribution in [2.45, 2.75) is 6.18 Å². The van der Waals surface area contributed by atoms with Gasteiger partial charge < -0.3 is 5.32 Å². The smallest absolute Gasteiger partial charge is 0.335 e. The Bertz CT molecular complexity index is 669. The monoisotopic (exact) mass is 387 g/mol. The number of rotatable bonds is 2. The van der Waals surface area contributed by atoms with Crippen LogP contribution in [0.15, 0.2) is 22.7 Å². The lowest BCUT2D eigenvalue weighted by molar-refractivity contribution is -0.144. The van der Waals surface area contributed by atoms with E-state index in [2.05, 4.69) is 31.2 Å². The summed E-state index contributed by atoms with van der Waals surface area (Å²) in [5.74, 6) is -4.02. The van der Waals surface area contributed by atoms with E-state index < -0.39 is 40.3 Å². The van der Waals surface area contributed by atoms with Gasteiger partial charge in [-0.25, -0.2) is 18.7 Å². The highest BCUT2D eigenvalue weighted by Gasteiger charge is 2.35. The molecule has 21 heavy (non-hydrogen) atoms. The first kappa shape index (κ1) is 15.9. The molecule has 1 heterocycles. The van der Waals surface area contributed by atoms with Gasteiger partial charge in [-0.1, -0.05) is 27.5 Å². The van der Waals surface area contributed by atoms with Gasteiger partial charge in [0, 0.05) is 10.5 Å².